The van der Waals surface area contributed by atoms with Crippen LogP contribution in [-0.4, -0.2) is 298 Å². The number of aliphatic hydroxyl groups excluding tert-OH is 1. The Bertz CT molecular complexity index is 4340. The standard InChI is InChI=1S/C92H140N12O24/c1-61-18-12-11-13-19-63(3)78(113-8)56-71-24-21-67(7)92(112,128-71)86(109)89(110)103-29-16-14-20-73(103)90(111)126-79(57-74(105)64(4)52-66(6)84(108)85(115-10)75(106)51-62(2)50-61)65(5)53-68-22-25-77(80(54-68)114-9)125-49-48-124-59-70-58-102(101-99-70)31-33-117-35-37-119-39-41-121-43-45-123-47-46-122-44-42-120-40-38-118-36-34-116-32-27-81(107)95-28-15-17-30-104-88-82(87(93)96-60-97-88)83(100-104)69-23-26-76-72(55-69)98-91(94)127-76/h11-13,18-19,23,26,52,55,58,60-62,64-65,67-68,71,73,77-80,84-85,108,112H,14-17,20-22,24-25,27-51,53-54,56-57,59H2,1-10H3,(H2,94,98)(H,95,107)(H2,93,96,97)/b13-11+,18-12+,63-19-,66-52+/t61?,62?,64?,65?,67?,68?,71-,73+,77?,78?,79-,80?,84?,85?,92+/m0/s1. The Labute approximate surface area is 751 Å². The van der Waals surface area contributed by atoms with E-state index < -0.39 is 71.8 Å². The molecular formula is C92H140N12O24. The van der Waals surface area contributed by atoms with E-state index >= 15 is 0 Å². The molecule has 15 atom stereocenters. The fraction of sp³-hybridized carbons (Fsp3) is 0.696. The number of rotatable bonds is 45. The predicted octanol–water partition coefficient (Wildman–Crippen LogP) is 8.64. The minimum atomic E-state index is -2.47. The highest BCUT2D eigenvalue weighted by Gasteiger charge is 2.53. The first-order chi connectivity index (χ1) is 61.9. The number of aryl methyl sites for hydroxylation is 1. The van der Waals surface area contributed by atoms with E-state index in [0.29, 0.717) is 235 Å². The summed E-state index contributed by atoms with van der Waals surface area (Å²) in [5.74, 6) is -7.47. The number of aromatic nitrogens is 8. The number of nitrogens with one attached hydrogen (secondary N) is 1. The van der Waals surface area contributed by atoms with Crippen LogP contribution in [0.3, 0.4) is 0 Å². The van der Waals surface area contributed by atoms with Crippen LogP contribution in [0.2, 0.25) is 0 Å². The van der Waals surface area contributed by atoms with Crippen molar-refractivity contribution < 1.29 is 114 Å². The molecule has 128 heavy (non-hydrogen) atoms. The maximum Gasteiger partial charge on any atom is 0.329 e. The van der Waals surface area contributed by atoms with Gasteiger partial charge in [0.2, 0.25) is 11.7 Å². The van der Waals surface area contributed by atoms with Crippen LogP contribution < -0.4 is 16.8 Å². The number of carbonyl (C=O) groups excluding carboxylic acids is 6. The number of fused-ring (bicyclic) bond motifs is 5. The summed E-state index contributed by atoms with van der Waals surface area (Å²) in [5.41, 5.74) is 17.1. The first-order valence-corrected chi connectivity index (χ1v) is 45.5. The largest absolute Gasteiger partial charge is 0.460 e. The number of methoxy groups -OCH3 is 3. The molecule has 11 unspecified atom stereocenters. The Kier molecular flexibility index (Phi) is 44.6. The monoisotopic (exact) mass is 1800 g/mol. The SMILES string of the molecule is COC1C[C@@H]2CCC(C)[C@@](O)(O2)C(=O)C(=O)N2CCCC[C@@H]2C(=O)O[C@H](C(C)CC2CCC(OCCOCc3cn(CCOCCOCCOCCOCCOCCOCCOCCOCCC(=O)NCCCCn4nc(-c5ccc6oc(N)nc6c5)c5c(N)ncnc54)nn3)C(OC)C2)CC(=O)C(C)/C=C(\C)C(O)C(OC)C(=O)CC(C)CC(C)/C=C/C=C/C=C\1C. The van der Waals surface area contributed by atoms with Crippen LogP contribution in [0.5, 0.6) is 0 Å². The first kappa shape index (κ1) is 103. The topological polar surface area (TPSA) is 449 Å². The minimum absolute atomic E-state index is 0.0317. The van der Waals surface area contributed by atoms with Crippen molar-refractivity contribution >= 4 is 69.1 Å². The van der Waals surface area contributed by atoms with Crippen molar-refractivity contribution in [2.75, 3.05) is 165 Å². The van der Waals surface area contributed by atoms with Gasteiger partial charge in [0.05, 0.1) is 168 Å². The Balaban J connectivity index is 0.588. The number of carbonyl (C=O) groups is 6. The van der Waals surface area contributed by atoms with Gasteiger partial charge < -0.3 is 107 Å². The van der Waals surface area contributed by atoms with E-state index in [1.165, 1.54) is 18.3 Å². The van der Waals surface area contributed by atoms with Crippen molar-refractivity contribution in [1.82, 2.24) is 49.9 Å². The molecule has 4 aromatic heterocycles. The van der Waals surface area contributed by atoms with Crippen LogP contribution in [0.15, 0.2) is 82.7 Å². The Hall–Kier alpha value is -8.28. The molecule has 0 radical (unpaired) electrons. The number of amides is 2. The number of aliphatic hydroxyl groups is 2. The van der Waals surface area contributed by atoms with E-state index in [-0.39, 0.29) is 105 Å². The lowest BCUT2D eigenvalue weighted by Gasteiger charge is -2.42. The van der Waals surface area contributed by atoms with Crippen LogP contribution in [0, 0.1) is 35.5 Å². The van der Waals surface area contributed by atoms with Gasteiger partial charge in [-0.25, -0.2) is 24.1 Å². The van der Waals surface area contributed by atoms with Gasteiger partial charge in [-0.2, -0.15) is 10.1 Å². The Morgan fingerprint density at radius 1 is 0.703 bits per heavy atom. The van der Waals surface area contributed by atoms with Crippen molar-refractivity contribution in [2.45, 2.75) is 225 Å². The maximum absolute atomic E-state index is 14.8. The first-order valence-electron chi connectivity index (χ1n) is 45.5. The van der Waals surface area contributed by atoms with E-state index in [4.69, 9.17) is 92.0 Å². The van der Waals surface area contributed by atoms with Gasteiger partial charge in [0.15, 0.2) is 17.0 Å². The lowest BCUT2D eigenvalue weighted by atomic mass is 9.78. The van der Waals surface area contributed by atoms with Gasteiger partial charge in [-0.05, 0) is 144 Å². The van der Waals surface area contributed by atoms with Crippen molar-refractivity contribution in [1.29, 1.82) is 0 Å². The highest BCUT2D eigenvalue weighted by atomic mass is 16.6. The smallest absolute Gasteiger partial charge is 0.329 e. The molecule has 0 spiro atoms. The van der Waals surface area contributed by atoms with Gasteiger partial charge >= 0.3 is 5.97 Å². The fourth-order valence-electron chi connectivity index (χ4n) is 16.6. The number of nitrogens with zero attached hydrogens (tertiary/aromatic N) is 9. The summed E-state index contributed by atoms with van der Waals surface area (Å²) in [6.07, 6.45) is 17.0. The van der Waals surface area contributed by atoms with Crippen LogP contribution in [0.4, 0.5) is 11.8 Å². The number of hydrogen-bond acceptors (Lipinski definition) is 32. The zero-order chi connectivity index (χ0) is 91.7. The van der Waals surface area contributed by atoms with Gasteiger partial charge in [0.1, 0.15) is 59.2 Å². The third-order valence-electron chi connectivity index (χ3n) is 23.9. The lowest BCUT2D eigenvalue weighted by molar-refractivity contribution is -0.265. The molecule has 2 amide bonds. The minimum Gasteiger partial charge on any atom is -0.460 e. The molecule has 3 aliphatic heterocycles. The Morgan fingerprint density at radius 2 is 1.38 bits per heavy atom. The van der Waals surface area contributed by atoms with Gasteiger partial charge in [-0.1, -0.05) is 76.3 Å². The van der Waals surface area contributed by atoms with Crippen LogP contribution in [-0.2, 0) is 120 Å². The van der Waals surface area contributed by atoms with Gasteiger partial charge in [-0.15, -0.1) is 5.10 Å². The zero-order valence-electron chi connectivity index (χ0n) is 76.6. The molecule has 7 N–H and O–H groups in total. The summed E-state index contributed by atoms with van der Waals surface area (Å²) in [4.78, 5) is 98.6. The van der Waals surface area contributed by atoms with Crippen molar-refractivity contribution in [3.05, 3.63) is 84.0 Å². The maximum atomic E-state index is 14.8. The molecule has 712 valence electrons. The molecule has 36 nitrogen and oxygen atoms in total. The number of ether oxygens (including phenoxy) is 15. The molecule has 9 rings (SSSR count). The van der Waals surface area contributed by atoms with Gasteiger partial charge in [0.25, 0.3) is 17.7 Å². The third kappa shape index (κ3) is 32.9. The zero-order valence-corrected chi connectivity index (χ0v) is 76.6. The van der Waals surface area contributed by atoms with Crippen LogP contribution in [0.1, 0.15) is 157 Å². The van der Waals surface area contributed by atoms with Crippen molar-refractivity contribution in [3.63, 3.8) is 0 Å². The molecular weight excluding hydrogens is 1660 g/mol. The quantitative estimate of drug-likeness (QED) is 0.0105. The molecule has 1 aliphatic carbocycles. The number of allylic oxidation sites excluding steroid dienone is 6. The number of oxazole rings is 1. The van der Waals surface area contributed by atoms with Crippen molar-refractivity contribution in [3.8, 4) is 11.3 Å². The second-order valence-electron chi connectivity index (χ2n) is 33.9. The number of nitrogen functional groups attached to an aromatic ring is 2. The molecule has 7 heterocycles. The van der Waals surface area contributed by atoms with E-state index in [1.807, 2.05) is 63.4 Å². The average Bonchev–Trinajstić information content (AvgIpc) is 1.38. The summed E-state index contributed by atoms with van der Waals surface area (Å²) in [6, 6.07) is 4.39. The summed E-state index contributed by atoms with van der Waals surface area (Å²) >= 11 is 0. The number of hydrogen-bond donors (Lipinski definition) is 5. The van der Waals surface area contributed by atoms with E-state index in [9.17, 15) is 39.0 Å². The summed E-state index contributed by atoms with van der Waals surface area (Å²) in [5, 5.41) is 40.7. The van der Waals surface area contributed by atoms with E-state index in [0.717, 1.165) is 30.4 Å². The second kappa shape index (κ2) is 55.1. The van der Waals surface area contributed by atoms with Gasteiger partial charge in [-0.3, -0.25) is 24.0 Å². The molecule has 2 bridgehead atoms. The normalized spacial score (nSPS) is 26.5. The number of benzene rings is 1. The molecule has 5 aromatic rings. The third-order valence-corrected chi connectivity index (χ3v) is 23.9. The predicted molar refractivity (Wildman–Crippen MR) is 474 cm³/mol. The number of esters is 1. The van der Waals surface area contributed by atoms with Crippen molar-refractivity contribution in [2.24, 2.45) is 35.5 Å². The van der Waals surface area contributed by atoms with Gasteiger partial charge in [0, 0.05) is 84.0 Å². The molecule has 3 fully saturated rings. The number of ketones is 3. The number of Topliss-reactive ketones (excluding diaryl/α,β-unsaturated/α-hetero) is 3. The summed E-state index contributed by atoms with van der Waals surface area (Å²) in [7, 11) is 4.62. The average molecular weight is 1800 g/mol. The van der Waals surface area contributed by atoms with E-state index in [1.54, 1.807) is 56.5 Å². The van der Waals surface area contributed by atoms with E-state index in [2.05, 4.69) is 43.6 Å². The second-order valence-corrected chi connectivity index (χ2v) is 33.9. The number of nitrogens with two attached hydrogens (primary N) is 2. The summed E-state index contributed by atoms with van der Waals surface area (Å²) in [6.45, 7) is 21.9. The summed E-state index contributed by atoms with van der Waals surface area (Å²) < 4.78 is 96.4. The van der Waals surface area contributed by atoms with Crippen LogP contribution >= 0.6 is 0 Å². The number of unbranched alkanes of at least 4 members (excludes halogenated alkanes) is 1. The van der Waals surface area contributed by atoms with Crippen LogP contribution in [0.25, 0.3) is 33.4 Å². The highest BCUT2D eigenvalue weighted by molar-refractivity contribution is 6.39. The number of anilines is 2. The highest BCUT2D eigenvalue weighted by Crippen LogP contribution is 2.40. The molecule has 1 aromatic carbocycles. The Morgan fingerprint density at radius 3 is 2.06 bits per heavy atom. The lowest BCUT2D eigenvalue weighted by Crippen LogP contribution is -2.61. The number of cyclic esters (lactones) is 1. The molecule has 1 saturated carbocycles. The number of piperidine rings is 1. The molecule has 4 aliphatic rings. The molecule has 36 heteroatoms. The fourth-order valence-corrected chi connectivity index (χ4v) is 16.6. The molecule has 2 saturated heterocycles.